The van der Waals surface area contributed by atoms with E-state index in [9.17, 15) is 18.5 Å². The van der Waals surface area contributed by atoms with Crippen molar-refractivity contribution >= 4 is 44.9 Å². The van der Waals surface area contributed by atoms with E-state index in [1.165, 1.54) is 42.6 Å². The van der Waals surface area contributed by atoms with Gasteiger partial charge in [-0.3, -0.25) is 20.3 Å². The largest absolute Gasteiger partial charge is 0.295 e. The number of hydrogen-bond acceptors (Lipinski definition) is 6. The minimum Gasteiger partial charge on any atom is -0.280 e. The Balaban J connectivity index is 1.49. The molecule has 10 heteroatoms. The van der Waals surface area contributed by atoms with Crippen molar-refractivity contribution in [1.82, 2.24) is 0 Å². The van der Waals surface area contributed by atoms with Gasteiger partial charge in [0.15, 0.2) is 0 Å². The Morgan fingerprint density at radius 2 is 1.51 bits per heavy atom. The van der Waals surface area contributed by atoms with Crippen LogP contribution in [-0.4, -0.2) is 19.6 Å². The Kier molecular flexibility index (Phi) is 7.09. The van der Waals surface area contributed by atoms with Crippen LogP contribution in [0.2, 0.25) is 5.02 Å². The molecule has 0 bridgehead atoms. The number of anilines is 2. The topological polar surface area (TPSA) is 114 Å². The van der Waals surface area contributed by atoms with Gasteiger partial charge in [0.1, 0.15) is 5.69 Å². The second kappa shape index (κ2) is 10.4. The predicted octanol–water partition coefficient (Wildman–Crippen LogP) is 6.16. The van der Waals surface area contributed by atoms with Crippen molar-refractivity contribution in [2.75, 3.05) is 10.1 Å². The highest BCUT2D eigenvalue weighted by Crippen LogP contribution is 2.29. The number of rotatable bonds is 8. The van der Waals surface area contributed by atoms with Crippen LogP contribution in [0, 0.1) is 10.1 Å². The molecule has 0 saturated heterocycles. The maximum atomic E-state index is 12.7. The average Bonchev–Trinajstić information content (AvgIpc) is 2.86. The second-order valence-electron chi connectivity index (χ2n) is 7.41. The van der Waals surface area contributed by atoms with Gasteiger partial charge in [0, 0.05) is 16.8 Å². The molecule has 0 spiro atoms. The maximum absolute atomic E-state index is 12.7. The van der Waals surface area contributed by atoms with Crippen molar-refractivity contribution in [1.29, 1.82) is 0 Å². The summed E-state index contributed by atoms with van der Waals surface area (Å²) in [6, 6.07) is 27.1. The summed E-state index contributed by atoms with van der Waals surface area (Å²) in [7, 11) is -4.05. The van der Waals surface area contributed by atoms with Crippen LogP contribution in [0.4, 0.5) is 17.1 Å². The molecule has 0 amide bonds. The zero-order valence-corrected chi connectivity index (χ0v) is 19.7. The first-order valence-electron chi connectivity index (χ1n) is 10.3. The molecule has 35 heavy (non-hydrogen) atoms. The van der Waals surface area contributed by atoms with Crippen LogP contribution in [0.15, 0.2) is 107 Å². The van der Waals surface area contributed by atoms with E-state index in [1.807, 2.05) is 54.6 Å². The highest BCUT2D eigenvalue weighted by Gasteiger charge is 2.21. The molecule has 0 radical (unpaired) electrons. The van der Waals surface area contributed by atoms with Crippen molar-refractivity contribution in [3.05, 3.63) is 118 Å². The van der Waals surface area contributed by atoms with Gasteiger partial charge in [0.2, 0.25) is 0 Å². The Morgan fingerprint density at radius 3 is 2.17 bits per heavy atom. The molecule has 0 fully saturated rings. The number of nitrogens with zero attached hydrogens (tertiary/aromatic N) is 2. The Labute approximate surface area is 207 Å². The molecule has 0 saturated carbocycles. The SMILES string of the molecule is O=[N+]([O-])c1cc(S(=O)(=O)Nc2ccc(Cl)cc2)ccc1N/N=C/c1ccc(-c2ccccc2)cc1. The molecule has 0 atom stereocenters. The number of sulfonamides is 1. The number of halogens is 1. The van der Waals surface area contributed by atoms with E-state index in [-0.39, 0.29) is 16.3 Å². The fraction of sp³-hybridized carbons (Fsp3) is 0. The Hall–Kier alpha value is -4.21. The number of nitro groups is 1. The fourth-order valence-corrected chi connectivity index (χ4v) is 4.43. The normalized spacial score (nSPS) is 11.3. The van der Waals surface area contributed by atoms with E-state index in [4.69, 9.17) is 11.6 Å². The summed E-state index contributed by atoms with van der Waals surface area (Å²) < 4.78 is 27.7. The number of hydrogen-bond donors (Lipinski definition) is 2. The van der Waals surface area contributed by atoms with Gasteiger partial charge < -0.3 is 0 Å². The van der Waals surface area contributed by atoms with Crippen LogP contribution in [0.5, 0.6) is 0 Å². The molecule has 0 unspecified atom stereocenters. The molecule has 2 N–H and O–H groups in total. The van der Waals surface area contributed by atoms with Gasteiger partial charge in [-0.15, -0.1) is 0 Å². The molecule has 4 aromatic rings. The quantitative estimate of drug-likeness (QED) is 0.169. The molecule has 0 aliphatic rings. The van der Waals surface area contributed by atoms with Crippen molar-refractivity contribution in [2.45, 2.75) is 4.90 Å². The first-order chi connectivity index (χ1) is 16.8. The molecule has 0 heterocycles. The smallest absolute Gasteiger partial charge is 0.280 e. The molecular weight excluding hydrogens is 488 g/mol. The predicted molar refractivity (Wildman–Crippen MR) is 138 cm³/mol. The van der Waals surface area contributed by atoms with Gasteiger partial charge in [-0.05, 0) is 53.1 Å². The standard InChI is InChI=1S/C25H19ClN4O4S/c26-21-10-12-22(13-11-21)29-35(33,34)23-14-15-24(25(16-23)30(31)32)28-27-17-18-6-8-20(9-7-18)19-4-2-1-3-5-19/h1-17,28-29H/b27-17+. The second-order valence-corrected chi connectivity index (χ2v) is 9.53. The van der Waals surface area contributed by atoms with Crippen molar-refractivity contribution in [2.24, 2.45) is 5.10 Å². The van der Waals surface area contributed by atoms with Gasteiger partial charge >= 0.3 is 0 Å². The molecule has 4 aromatic carbocycles. The summed E-state index contributed by atoms with van der Waals surface area (Å²) in [6.45, 7) is 0. The lowest BCUT2D eigenvalue weighted by Crippen LogP contribution is -2.13. The number of nitro benzene ring substituents is 1. The zero-order chi connectivity index (χ0) is 24.8. The highest BCUT2D eigenvalue weighted by atomic mass is 35.5. The van der Waals surface area contributed by atoms with Crippen LogP contribution in [0.1, 0.15) is 5.56 Å². The highest BCUT2D eigenvalue weighted by molar-refractivity contribution is 7.92. The monoisotopic (exact) mass is 506 g/mol. The average molecular weight is 507 g/mol. The van der Waals surface area contributed by atoms with Crippen molar-refractivity contribution in [3.8, 4) is 11.1 Å². The van der Waals surface area contributed by atoms with E-state index in [0.29, 0.717) is 5.02 Å². The third-order valence-corrected chi connectivity index (χ3v) is 6.62. The molecule has 4 rings (SSSR count). The van der Waals surface area contributed by atoms with Gasteiger partial charge in [0.05, 0.1) is 16.0 Å². The lowest BCUT2D eigenvalue weighted by atomic mass is 10.0. The third kappa shape index (κ3) is 6.03. The van der Waals surface area contributed by atoms with Crippen LogP contribution in [-0.2, 0) is 10.0 Å². The minimum absolute atomic E-state index is 0.0533. The summed E-state index contributed by atoms with van der Waals surface area (Å²) in [5, 5.41) is 16.1. The van der Waals surface area contributed by atoms with Crippen LogP contribution in [0.25, 0.3) is 11.1 Å². The van der Waals surface area contributed by atoms with Crippen molar-refractivity contribution in [3.63, 3.8) is 0 Å². The van der Waals surface area contributed by atoms with E-state index >= 15 is 0 Å². The van der Waals surface area contributed by atoms with Crippen LogP contribution < -0.4 is 10.1 Å². The van der Waals surface area contributed by atoms with E-state index in [1.54, 1.807) is 0 Å². The number of benzene rings is 4. The Bertz CT molecular complexity index is 1470. The first kappa shape index (κ1) is 23.9. The summed E-state index contributed by atoms with van der Waals surface area (Å²) in [4.78, 5) is 10.7. The van der Waals surface area contributed by atoms with E-state index in [2.05, 4.69) is 15.2 Å². The molecule has 0 aromatic heterocycles. The lowest BCUT2D eigenvalue weighted by Gasteiger charge is -2.09. The molecule has 8 nitrogen and oxygen atoms in total. The van der Waals surface area contributed by atoms with Gasteiger partial charge in [-0.1, -0.05) is 66.2 Å². The van der Waals surface area contributed by atoms with Gasteiger partial charge in [0.25, 0.3) is 15.7 Å². The van der Waals surface area contributed by atoms with Crippen molar-refractivity contribution < 1.29 is 13.3 Å². The van der Waals surface area contributed by atoms with E-state index in [0.717, 1.165) is 22.8 Å². The lowest BCUT2D eigenvalue weighted by molar-refractivity contribution is -0.384. The van der Waals surface area contributed by atoms with Gasteiger partial charge in [-0.25, -0.2) is 8.42 Å². The first-order valence-corrected chi connectivity index (χ1v) is 12.2. The summed E-state index contributed by atoms with van der Waals surface area (Å²) >= 11 is 5.82. The van der Waals surface area contributed by atoms with Gasteiger partial charge in [-0.2, -0.15) is 5.10 Å². The zero-order valence-electron chi connectivity index (χ0n) is 18.1. The molecule has 176 valence electrons. The minimum atomic E-state index is -4.05. The summed E-state index contributed by atoms with van der Waals surface area (Å²) in [5.41, 5.74) is 5.45. The number of hydrazone groups is 1. The molecule has 0 aliphatic carbocycles. The van der Waals surface area contributed by atoms with Crippen LogP contribution >= 0.6 is 11.6 Å². The summed E-state index contributed by atoms with van der Waals surface area (Å²) in [6.07, 6.45) is 1.52. The summed E-state index contributed by atoms with van der Waals surface area (Å²) in [5.74, 6) is 0. The third-order valence-electron chi connectivity index (χ3n) is 4.99. The molecular formula is C25H19ClN4O4S. The molecule has 0 aliphatic heterocycles. The maximum Gasteiger partial charge on any atom is 0.295 e. The van der Waals surface area contributed by atoms with E-state index < -0.39 is 20.6 Å². The van der Waals surface area contributed by atoms with Crippen LogP contribution in [0.3, 0.4) is 0 Å². The number of nitrogens with one attached hydrogen (secondary N) is 2. The fourth-order valence-electron chi connectivity index (χ4n) is 3.22. The Morgan fingerprint density at radius 1 is 0.857 bits per heavy atom.